The maximum absolute atomic E-state index is 14.1. The highest BCUT2D eigenvalue weighted by atomic mass is 32.2. The van der Waals surface area contributed by atoms with Gasteiger partial charge in [-0.15, -0.1) is 11.3 Å². The lowest BCUT2D eigenvalue weighted by Crippen LogP contribution is -2.99. The van der Waals surface area contributed by atoms with E-state index in [9.17, 15) is 15.2 Å². The molecule has 10 heteroatoms. The zero-order chi connectivity index (χ0) is 25.4. The molecule has 1 aromatic heterocycles. The number of carbonyl (C=O) groups is 1. The van der Waals surface area contributed by atoms with E-state index in [-0.39, 0.29) is 11.6 Å². The fourth-order valence-corrected chi connectivity index (χ4v) is 7.91. The van der Waals surface area contributed by atoms with Crippen LogP contribution >= 0.6 is 34.9 Å². The van der Waals surface area contributed by atoms with Crippen molar-refractivity contribution in [1.29, 1.82) is 0 Å². The fraction of sp³-hybridized carbons (Fsp3) is 0.0370. The van der Waals surface area contributed by atoms with Gasteiger partial charge in [0, 0.05) is 17.8 Å². The summed E-state index contributed by atoms with van der Waals surface area (Å²) < 4.78 is -0.983. The molecule has 7 nitrogen and oxygen atoms in total. The van der Waals surface area contributed by atoms with Gasteiger partial charge in [0.05, 0.1) is 15.5 Å². The van der Waals surface area contributed by atoms with Crippen molar-refractivity contribution in [2.24, 2.45) is 5.10 Å². The largest absolute Gasteiger partial charge is 0.595 e. The molecule has 0 bridgehead atoms. The summed E-state index contributed by atoms with van der Waals surface area (Å²) in [5.41, 5.74) is 2.56. The highest BCUT2D eigenvalue weighted by Gasteiger charge is 2.59. The summed E-state index contributed by atoms with van der Waals surface area (Å²) in [7, 11) is 0. The third kappa shape index (κ3) is 4.37. The average molecular weight is 545 g/mol. The lowest BCUT2D eigenvalue weighted by molar-refractivity contribution is -0.991. The molecule has 3 aromatic carbocycles. The van der Waals surface area contributed by atoms with Crippen LogP contribution in [0.15, 0.2) is 112 Å². The van der Waals surface area contributed by atoms with Crippen molar-refractivity contribution in [3.8, 4) is 0 Å². The molecule has 2 atom stereocenters. The molecule has 3 heterocycles. The summed E-state index contributed by atoms with van der Waals surface area (Å²) in [5.74, 6) is -0.123. The van der Waals surface area contributed by atoms with Crippen LogP contribution < -0.4 is 15.1 Å². The first-order valence-corrected chi connectivity index (χ1v) is 13.9. The number of para-hydroxylation sites is 1. The zero-order valence-electron chi connectivity index (χ0n) is 19.2. The highest BCUT2D eigenvalue weighted by molar-refractivity contribution is 8.28. The lowest BCUT2D eigenvalue weighted by Gasteiger charge is -2.38. The highest BCUT2D eigenvalue weighted by Crippen LogP contribution is 2.59. The van der Waals surface area contributed by atoms with Gasteiger partial charge in [-0.05, 0) is 59.1 Å². The second-order valence-electron chi connectivity index (χ2n) is 8.19. The molecule has 2 aliphatic heterocycles. The number of hydrazone groups is 1. The maximum atomic E-state index is 14.1. The summed E-state index contributed by atoms with van der Waals surface area (Å²) in [5, 5.41) is 29.5. The first kappa shape index (κ1) is 24.0. The van der Waals surface area contributed by atoms with Crippen molar-refractivity contribution in [2.75, 3.05) is 9.91 Å². The number of rotatable bonds is 5. The van der Waals surface area contributed by atoms with Crippen LogP contribution in [0.1, 0.15) is 10.4 Å². The molecule has 0 saturated carbocycles. The predicted molar refractivity (Wildman–Crippen MR) is 152 cm³/mol. The van der Waals surface area contributed by atoms with Gasteiger partial charge in [-0.1, -0.05) is 66.4 Å². The quantitative estimate of drug-likeness (QED) is 0.255. The van der Waals surface area contributed by atoms with Gasteiger partial charge in [0.1, 0.15) is 5.04 Å². The number of thiophene rings is 1. The van der Waals surface area contributed by atoms with Crippen LogP contribution in [0.2, 0.25) is 0 Å². The van der Waals surface area contributed by atoms with Crippen LogP contribution in [0, 0.1) is 5.21 Å². The van der Waals surface area contributed by atoms with Gasteiger partial charge in [0.25, 0.3) is 5.91 Å². The van der Waals surface area contributed by atoms with Gasteiger partial charge in [-0.25, -0.2) is 10.2 Å². The summed E-state index contributed by atoms with van der Waals surface area (Å²) in [6, 6.07) is 29.9. The fourth-order valence-electron chi connectivity index (χ4n) is 4.13. The van der Waals surface area contributed by atoms with Crippen molar-refractivity contribution in [1.82, 2.24) is 0 Å². The molecule has 2 aliphatic rings. The minimum atomic E-state index is -0.996. The predicted octanol–water partition coefficient (Wildman–Crippen LogP) is 5.50. The van der Waals surface area contributed by atoms with Gasteiger partial charge in [0.2, 0.25) is 4.33 Å². The van der Waals surface area contributed by atoms with Gasteiger partial charge < -0.3 is 5.21 Å². The summed E-state index contributed by atoms with van der Waals surface area (Å²) in [6.45, 7) is 0. The van der Waals surface area contributed by atoms with Crippen molar-refractivity contribution in [3.63, 3.8) is 0 Å². The van der Waals surface area contributed by atoms with E-state index in [1.54, 1.807) is 40.5 Å². The van der Waals surface area contributed by atoms with Gasteiger partial charge >= 0.3 is 0 Å². The Morgan fingerprint density at radius 1 is 0.865 bits per heavy atom. The van der Waals surface area contributed by atoms with Crippen LogP contribution in [0.3, 0.4) is 0 Å². The Kier molecular flexibility index (Phi) is 6.37. The van der Waals surface area contributed by atoms with E-state index >= 15 is 0 Å². The number of nitrogens with zero attached hydrogens (tertiary/aromatic N) is 3. The number of hydrogen-bond acceptors (Lipinski definition) is 8. The Morgan fingerprint density at radius 3 is 2.22 bits per heavy atom. The molecule has 4 aromatic rings. The number of anilines is 2. The molecule has 1 saturated heterocycles. The molecule has 184 valence electrons. The van der Waals surface area contributed by atoms with Gasteiger partial charge in [0.15, 0.2) is 5.69 Å². The zero-order valence-corrected chi connectivity index (χ0v) is 21.7. The number of quaternary nitrogens is 1. The van der Waals surface area contributed by atoms with Crippen molar-refractivity contribution in [3.05, 3.63) is 123 Å². The molecular weight excluding hydrogens is 525 g/mol. The third-order valence-electron chi connectivity index (χ3n) is 5.83. The van der Waals surface area contributed by atoms with Gasteiger partial charge in [-0.2, -0.15) is 10.3 Å². The lowest BCUT2D eigenvalue weighted by atomic mass is 10.2. The van der Waals surface area contributed by atoms with Crippen LogP contribution in [-0.2, 0) is 4.79 Å². The van der Waals surface area contributed by atoms with Crippen LogP contribution in [0.5, 0.6) is 0 Å². The summed E-state index contributed by atoms with van der Waals surface area (Å²) in [4.78, 5) is 17.4. The van der Waals surface area contributed by atoms with Gasteiger partial charge in [-0.3, -0.25) is 9.69 Å². The van der Waals surface area contributed by atoms with E-state index in [0.717, 1.165) is 21.2 Å². The molecule has 0 aliphatic carbocycles. The van der Waals surface area contributed by atoms with E-state index in [2.05, 4.69) is 0 Å². The number of amides is 1. The molecule has 1 unspecified atom stereocenters. The molecule has 1 fully saturated rings. The van der Waals surface area contributed by atoms with Crippen LogP contribution in [0.25, 0.3) is 6.08 Å². The molecule has 1 spiro atoms. The van der Waals surface area contributed by atoms with E-state index in [1.165, 1.54) is 23.5 Å². The smallest absolute Gasteiger partial charge is 0.268 e. The molecule has 0 radical (unpaired) electrons. The Balaban J connectivity index is 1.52. The van der Waals surface area contributed by atoms with E-state index in [4.69, 9.17) is 5.10 Å². The van der Waals surface area contributed by atoms with Crippen LogP contribution in [0.4, 0.5) is 17.1 Å². The second-order valence-corrected chi connectivity index (χ2v) is 11.8. The molecule has 1 amide bonds. The van der Waals surface area contributed by atoms with Crippen molar-refractivity contribution >= 4 is 68.9 Å². The molecule has 2 N–H and O–H groups in total. The number of nitrogens with one attached hydrogen (secondary N) is 1. The Morgan fingerprint density at radius 2 is 1.57 bits per heavy atom. The first-order chi connectivity index (χ1) is 18.0. The summed E-state index contributed by atoms with van der Waals surface area (Å²) in [6.07, 6.45) is 1.91. The normalized spacial score (nSPS) is 21.2. The Labute approximate surface area is 225 Å². The van der Waals surface area contributed by atoms with E-state index in [0.29, 0.717) is 10.6 Å². The Bertz CT molecular complexity index is 1480. The number of thioether (sulfide) groups is 2. The molecule has 6 rings (SSSR count). The summed E-state index contributed by atoms with van der Waals surface area (Å²) >= 11 is 4.53. The van der Waals surface area contributed by atoms with E-state index < -0.39 is 9.55 Å². The minimum Gasteiger partial charge on any atom is -0.595 e. The Hall–Kier alpha value is -3.38. The molecular formula is C27H20N4O3S3. The minimum absolute atomic E-state index is 0.123. The van der Waals surface area contributed by atoms with Crippen molar-refractivity contribution in [2.45, 2.75) is 4.33 Å². The number of carbonyl (C=O) groups excluding carboxylic acids is 1. The van der Waals surface area contributed by atoms with Crippen LogP contribution in [-0.4, -0.2) is 20.5 Å². The standard InChI is InChI=1S/C27H20N4O3S3/c32-26-24(18-19-8-3-1-4-9-19)36-27(29(26)20-10-5-2-6-11-20)30(21-13-15-22(16-14-21)31(33)34)28-25(37-27)23-12-7-17-35-23/h1-18,31,33H/t27-/m1/s1. The van der Waals surface area contributed by atoms with Crippen molar-refractivity contribution < 1.29 is 15.2 Å². The number of benzene rings is 3. The SMILES string of the molecule is O=C1C(=Cc2ccccc2)S[C@@]2(SC(c3cccs3)=NN2c2ccc([NH+]([O-])O)cc2)N1c1ccccc1. The second kappa shape index (κ2) is 9.82. The maximum Gasteiger partial charge on any atom is 0.268 e. The number of hydrogen-bond donors (Lipinski definition) is 2. The third-order valence-corrected chi connectivity index (χ3v) is 9.59. The average Bonchev–Trinajstić information content (AvgIpc) is 3.64. The topological polar surface area (TPSA) is 83.6 Å². The van der Waals surface area contributed by atoms with E-state index in [1.807, 2.05) is 89.3 Å². The first-order valence-electron chi connectivity index (χ1n) is 11.4. The monoisotopic (exact) mass is 544 g/mol. The molecule has 37 heavy (non-hydrogen) atoms.